The number of benzene rings is 2. The quantitative estimate of drug-likeness (QED) is 0.588. The van der Waals surface area contributed by atoms with Crippen LogP contribution in [0.15, 0.2) is 58.3 Å². The maximum absolute atomic E-state index is 12.5. The zero-order valence-corrected chi connectivity index (χ0v) is 17.7. The molecular formula is C19H12Cl2N2O4S2. The molecule has 0 aromatic heterocycles. The maximum Gasteiger partial charge on any atom is 0.203 e. The molecule has 0 aliphatic carbocycles. The largest absolute Gasteiger partial charge is 0.222 e. The topological polar surface area (TPSA) is 116 Å². The summed E-state index contributed by atoms with van der Waals surface area (Å²) in [6, 6.07) is 14.9. The lowest BCUT2D eigenvalue weighted by atomic mass is 10.2. The lowest BCUT2D eigenvalue weighted by molar-refractivity contribution is 0.596. The molecule has 2 aromatic carbocycles. The molecule has 0 fully saturated rings. The normalized spacial score (nSPS) is 12.8. The maximum atomic E-state index is 12.5. The van der Waals surface area contributed by atoms with Gasteiger partial charge in [0.25, 0.3) is 0 Å². The van der Waals surface area contributed by atoms with Gasteiger partial charge in [-0.15, -0.1) is 0 Å². The zero-order chi connectivity index (χ0) is 21.7. The van der Waals surface area contributed by atoms with E-state index < -0.39 is 34.6 Å². The van der Waals surface area contributed by atoms with E-state index in [2.05, 4.69) is 0 Å². The first kappa shape index (κ1) is 22.7. The second-order valence-electron chi connectivity index (χ2n) is 5.69. The zero-order valence-electron chi connectivity index (χ0n) is 14.6. The first-order valence-electron chi connectivity index (χ1n) is 7.77. The van der Waals surface area contributed by atoms with Crippen LogP contribution in [0.2, 0.25) is 10.0 Å². The number of sulfone groups is 2. The van der Waals surface area contributed by atoms with Crippen molar-refractivity contribution in [1.29, 1.82) is 10.5 Å². The van der Waals surface area contributed by atoms with Crippen molar-refractivity contribution in [3.05, 3.63) is 79.5 Å². The molecule has 2 aromatic rings. The molecule has 0 aliphatic heterocycles. The number of hydrogen-bond acceptors (Lipinski definition) is 6. The van der Waals surface area contributed by atoms with Crippen molar-refractivity contribution >= 4 is 55.0 Å². The van der Waals surface area contributed by atoms with Crippen molar-refractivity contribution < 1.29 is 16.8 Å². The number of halogens is 2. The highest BCUT2D eigenvalue weighted by Gasteiger charge is 2.29. The van der Waals surface area contributed by atoms with Gasteiger partial charge < -0.3 is 0 Å². The Balaban J connectivity index is 2.39. The number of hydrogen-bond donors (Lipinski definition) is 0. The molecule has 0 aliphatic rings. The Kier molecular flexibility index (Phi) is 7.23. The smallest absolute Gasteiger partial charge is 0.203 e. The standard InChI is InChI=1S/C19H12Cl2N2O4S2/c20-16-5-1-14(2-6-16)9-18(11-22)28(24,25)13-29(26,27)19(12-23)10-15-3-7-17(21)8-4-15/h1-10H,13H2/b18-9-,19-10+. The van der Waals surface area contributed by atoms with E-state index in [1.54, 1.807) is 0 Å². The van der Waals surface area contributed by atoms with Crippen LogP contribution in [0.3, 0.4) is 0 Å². The molecule has 0 saturated carbocycles. The van der Waals surface area contributed by atoms with Crippen molar-refractivity contribution in [3.8, 4) is 12.1 Å². The van der Waals surface area contributed by atoms with E-state index in [9.17, 15) is 27.4 Å². The van der Waals surface area contributed by atoms with Crippen LogP contribution in [0.5, 0.6) is 0 Å². The lowest BCUT2D eigenvalue weighted by Gasteiger charge is -2.05. The SMILES string of the molecule is N#C/C(=C/c1ccc(Cl)cc1)S(=O)(=O)CS(=O)(=O)/C(C#N)=C/c1ccc(Cl)cc1. The summed E-state index contributed by atoms with van der Waals surface area (Å²) in [4.78, 5) is -1.49. The summed E-state index contributed by atoms with van der Waals surface area (Å²) >= 11 is 11.5. The summed E-state index contributed by atoms with van der Waals surface area (Å²) in [5.41, 5.74) is 0.702. The Bertz CT molecular complexity index is 1160. The molecule has 0 unspecified atom stereocenters. The Morgan fingerprint density at radius 1 is 0.724 bits per heavy atom. The van der Waals surface area contributed by atoms with Crippen LogP contribution in [0.25, 0.3) is 12.2 Å². The van der Waals surface area contributed by atoms with E-state index in [-0.39, 0.29) is 0 Å². The first-order valence-corrected chi connectivity index (χ1v) is 11.8. The Morgan fingerprint density at radius 2 is 1.03 bits per heavy atom. The molecule has 0 saturated heterocycles. The Labute approximate surface area is 178 Å². The van der Waals surface area contributed by atoms with Gasteiger partial charge in [-0.1, -0.05) is 47.5 Å². The minimum Gasteiger partial charge on any atom is -0.222 e. The number of allylic oxidation sites excluding steroid dienone is 2. The van der Waals surface area contributed by atoms with Crippen LogP contribution in [0.4, 0.5) is 0 Å². The van der Waals surface area contributed by atoms with E-state index >= 15 is 0 Å². The molecule has 29 heavy (non-hydrogen) atoms. The molecule has 0 N–H and O–H groups in total. The molecule has 0 bridgehead atoms. The van der Waals surface area contributed by atoms with Gasteiger partial charge in [0.05, 0.1) is 0 Å². The van der Waals surface area contributed by atoms with E-state index in [4.69, 9.17) is 23.2 Å². The second kappa shape index (κ2) is 9.25. The van der Waals surface area contributed by atoms with Gasteiger partial charge in [0.2, 0.25) is 19.7 Å². The van der Waals surface area contributed by atoms with Crippen LogP contribution in [0, 0.1) is 22.7 Å². The second-order valence-corrected chi connectivity index (χ2v) is 10.8. The third kappa shape index (κ3) is 6.18. The van der Waals surface area contributed by atoms with Crippen molar-refractivity contribution in [2.45, 2.75) is 0 Å². The molecule has 0 spiro atoms. The van der Waals surface area contributed by atoms with Crippen molar-refractivity contribution in [3.63, 3.8) is 0 Å². The third-order valence-corrected chi connectivity index (χ3v) is 8.28. The number of nitrogens with zero attached hydrogens (tertiary/aromatic N) is 2. The first-order chi connectivity index (χ1) is 13.6. The highest BCUT2D eigenvalue weighted by atomic mass is 35.5. The van der Waals surface area contributed by atoms with Crippen LogP contribution >= 0.6 is 23.2 Å². The predicted octanol–water partition coefficient (Wildman–Crippen LogP) is 4.21. The molecular weight excluding hydrogens is 455 g/mol. The lowest BCUT2D eigenvalue weighted by Crippen LogP contribution is -2.18. The summed E-state index contributed by atoms with van der Waals surface area (Å²) in [6.45, 7) is 0. The van der Waals surface area contributed by atoms with Gasteiger partial charge in [0.1, 0.15) is 21.9 Å². The van der Waals surface area contributed by atoms with Gasteiger partial charge in [-0.2, -0.15) is 10.5 Å². The fraction of sp³-hybridized carbons (Fsp3) is 0.0526. The number of nitriles is 2. The molecule has 0 radical (unpaired) electrons. The minimum absolute atomic E-state index is 0.351. The molecule has 0 heterocycles. The summed E-state index contributed by atoms with van der Waals surface area (Å²) in [7, 11) is -9.05. The van der Waals surface area contributed by atoms with E-state index in [0.717, 1.165) is 12.2 Å². The molecule has 2 rings (SSSR count). The average Bonchev–Trinajstić information content (AvgIpc) is 2.65. The van der Waals surface area contributed by atoms with E-state index in [0.29, 0.717) is 21.2 Å². The summed E-state index contributed by atoms with van der Waals surface area (Å²) in [5.74, 6) is 0. The van der Waals surface area contributed by atoms with Gasteiger partial charge in [-0.05, 0) is 47.5 Å². The highest BCUT2D eigenvalue weighted by molar-refractivity contribution is 8.11. The van der Waals surface area contributed by atoms with Crippen LogP contribution in [0.1, 0.15) is 11.1 Å². The summed E-state index contributed by atoms with van der Waals surface area (Å²) < 4.78 is 50.1. The van der Waals surface area contributed by atoms with Crippen LogP contribution < -0.4 is 0 Å². The average molecular weight is 467 g/mol. The monoisotopic (exact) mass is 466 g/mol. The van der Waals surface area contributed by atoms with Gasteiger partial charge in [-0.25, -0.2) is 16.8 Å². The fourth-order valence-corrected chi connectivity index (χ4v) is 5.95. The molecule has 0 amide bonds. The Hall–Kier alpha value is -2.62. The van der Waals surface area contributed by atoms with Gasteiger partial charge in [0, 0.05) is 10.0 Å². The predicted molar refractivity (Wildman–Crippen MR) is 113 cm³/mol. The summed E-state index contributed by atoms with van der Waals surface area (Å²) in [6.07, 6.45) is 2.08. The highest BCUT2D eigenvalue weighted by Crippen LogP contribution is 2.21. The minimum atomic E-state index is -4.53. The number of rotatable bonds is 6. The van der Waals surface area contributed by atoms with Gasteiger partial charge in [-0.3, -0.25) is 0 Å². The van der Waals surface area contributed by atoms with Crippen molar-refractivity contribution in [1.82, 2.24) is 0 Å². The Morgan fingerprint density at radius 3 is 1.31 bits per heavy atom. The molecule has 6 nitrogen and oxygen atoms in total. The fourth-order valence-electron chi connectivity index (χ4n) is 2.14. The van der Waals surface area contributed by atoms with E-state index in [1.165, 1.54) is 60.7 Å². The van der Waals surface area contributed by atoms with Crippen LogP contribution in [-0.2, 0) is 19.7 Å². The third-order valence-electron chi connectivity index (χ3n) is 3.54. The van der Waals surface area contributed by atoms with Crippen LogP contribution in [-0.4, -0.2) is 21.9 Å². The summed E-state index contributed by atoms with van der Waals surface area (Å²) in [5, 5.41) is 17.9. The molecule has 0 atom stereocenters. The molecule has 148 valence electrons. The molecule has 10 heteroatoms. The van der Waals surface area contributed by atoms with Crippen molar-refractivity contribution in [2.24, 2.45) is 0 Å². The van der Waals surface area contributed by atoms with Gasteiger partial charge >= 0.3 is 0 Å². The van der Waals surface area contributed by atoms with Gasteiger partial charge in [0.15, 0.2) is 5.08 Å². The van der Waals surface area contributed by atoms with Crippen molar-refractivity contribution in [2.75, 3.05) is 5.08 Å². The van der Waals surface area contributed by atoms with E-state index in [1.807, 2.05) is 0 Å².